The van der Waals surface area contributed by atoms with Gasteiger partial charge < -0.3 is 4.74 Å². The lowest BCUT2D eigenvalue weighted by Gasteiger charge is -2.32. The number of fused-ring (bicyclic) bond motifs is 1. The van der Waals surface area contributed by atoms with E-state index >= 15 is 0 Å². The molecule has 1 amide bonds. The van der Waals surface area contributed by atoms with Gasteiger partial charge >= 0.3 is 0 Å². The second-order valence-electron chi connectivity index (χ2n) is 6.76. The number of carbonyl (C=O) groups excluding carboxylic acids is 1. The molecule has 0 aromatic heterocycles. The van der Waals surface area contributed by atoms with Crippen molar-refractivity contribution in [3.05, 3.63) is 71.6 Å². The van der Waals surface area contributed by atoms with Crippen LogP contribution in [0.25, 0.3) is 0 Å². The molecule has 2 aromatic carbocycles. The summed E-state index contributed by atoms with van der Waals surface area (Å²) in [4.78, 5) is 16.5. The topological polar surface area (TPSA) is 57.2 Å². The summed E-state index contributed by atoms with van der Waals surface area (Å²) in [6, 6.07) is 13.9. The van der Waals surface area contributed by atoms with E-state index in [0.717, 1.165) is 16.6 Å². The van der Waals surface area contributed by atoms with E-state index in [1.54, 1.807) is 30.0 Å². The number of thioether (sulfide) groups is 1. The van der Waals surface area contributed by atoms with E-state index in [1.807, 2.05) is 35.4 Å². The summed E-state index contributed by atoms with van der Waals surface area (Å²) in [5.74, 6) is 1.43. The quantitative estimate of drug-likeness (QED) is 0.859. The van der Waals surface area contributed by atoms with Crippen molar-refractivity contribution < 1.29 is 9.53 Å². The van der Waals surface area contributed by atoms with Gasteiger partial charge in [-0.25, -0.2) is 0 Å². The van der Waals surface area contributed by atoms with Gasteiger partial charge in [0.05, 0.1) is 12.8 Å². The number of amidine groups is 1. The van der Waals surface area contributed by atoms with E-state index in [4.69, 9.17) is 4.74 Å². The molecule has 0 radical (unpaired) electrons. The van der Waals surface area contributed by atoms with E-state index in [9.17, 15) is 4.79 Å². The monoisotopic (exact) mass is 394 g/mol. The number of nitrogens with one attached hydrogen (secondary N) is 1. The first-order chi connectivity index (χ1) is 13.6. The molecule has 6 nitrogen and oxygen atoms in total. The number of carbonyl (C=O) groups is 1. The van der Waals surface area contributed by atoms with Gasteiger partial charge in [-0.05, 0) is 37.1 Å². The number of amides is 1. The first-order valence-electron chi connectivity index (χ1n) is 9.03. The average molecular weight is 395 g/mol. The van der Waals surface area contributed by atoms with Crippen molar-refractivity contribution in [3.8, 4) is 5.75 Å². The second-order valence-corrected chi connectivity index (χ2v) is 7.70. The molecule has 0 aliphatic carbocycles. The number of ether oxygens (including phenoxy) is 1. The Labute approximate surface area is 168 Å². The van der Waals surface area contributed by atoms with Crippen LogP contribution in [0.2, 0.25) is 0 Å². The van der Waals surface area contributed by atoms with Crippen molar-refractivity contribution in [2.75, 3.05) is 12.0 Å². The molecule has 144 valence electrons. The Bertz CT molecular complexity index is 973. The van der Waals surface area contributed by atoms with E-state index in [-0.39, 0.29) is 5.91 Å². The Morgan fingerprint density at radius 2 is 2.04 bits per heavy atom. The molecule has 0 spiro atoms. The molecule has 0 saturated heterocycles. The highest BCUT2D eigenvalue weighted by Gasteiger charge is 2.38. The molecule has 0 saturated carbocycles. The largest absolute Gasteiger partial charge is 0.497 e. The van der Waals surface area contributed by atoms with Crippen molar-refractivity contribution in [3.63, 3.8) is 0 Å². The Hall–Kier alpha value is -2.93. The molecule has 7 heteroatoms. The molecule has 1 N–H and O–H groups in total. The van der Waals surface area contributed by atoms with Crippen LogP contribution in [0.4, 0.5) is 5.69 Å². The summed E-state index contributed by atoms with van der Waals surface area (Å²) in [5.41, 5.74) is 7.51. The smallest absolute Gasteiger partial charge is 0.276 e. The van der Waals surface area contributed by atoms with Gasteiger partial charge in [-0.1, -0.05) is 41.6 Å². The molecule has 28 heavy (non-hydrogen) atoms. The van der Waals surface area contributed by atoms with Crippen molar-refractivity contribution in [1.82, 2.24) is 10.3 Å². The summed E-state index contributed by atoms with van der Waals surface area (Å²) < 4.78 is 5.26. The first-order valence-corrected chi connectivity index (χ1v) is 10.0. The van der Waals surface area contributed by atoms with Gasteiger partial charge in [0, 0.05) is 24.2 Å². The minimum Gasteiger partial charge on any atom is -0.497 e. The fraction of sp³-hybridized carbons (Fsp3) is 0.238. The number of rotatable bonds is 4. The normalized spacial score (nSPS) is 18.0. The minimum absolute atomic E-state index is 0.0816. The minimum atomic E-state index is -0.530. The third-order valence-corrected chi connectivity index (χ3v) is 5.84. The van der Waals surface area contributed by atoms with Gasteiger partial charge in [0.1, 0.15) is 5.75 Å². The predicted octanol–water partition coefficient (Wildman–Crippen LogP) is 3.57. The summed E-state index contributed by atoms with van der Waals surface area (Å²) in [6.45, 7) is 4.21. The molecular weight excluding hydrogens is 372 g/mol. The van der Waals surface area contributed by atoms with E-state index < -0.39 is 6.17 Å². The zero-order chi connectivity index (χ0) is 19.7. The lowest BCUT2D eigenvalue weighted by molar-refractivity contribution is -0.122. The lowest BCUT2D eigenvalue weighted by atomic mass is 10.1. The number of methoxy groups -OCH3 is 1. The standard InChI is InChI=1S/C21H22N4O2S/c1-14-7-8-15(2)16(11-14)13-28-21-23-22-19-20(26)24(9-10-25(19)21)17-5-4-6-18(12-17)27-3/h4-12,19,22H,13H2,1-3H3. The molecular formula is C21H22N4O2S. The van der Waals surface area contributed by atoms with Gasteiger partial charge in [-0.2, -0.15) is 5.10 Å². The number of hydrogen-bond donors (Lipinski definition) is 1. The third kappa shape index (κ3) is 3.45. The van der Waals surface area contributed by atoms with Crippen LogP contribution in [0.3, 0.4) is 0 Å². The van der Waals surface area contributed by atoms with Crippen LogP contribution in [-0.2, 0) is 10.5 Å². The summed E-state index contributed by atoms with van der Waals surface area (Å²) in [6.07, 6.45) is 3.13. The average Bonchev–Trinajstić information content (AvgIpc) is 3.13. The predicted molar refractivity (Wildman–Crippen MR) is 113 cm³/mol. The number of benzene rings is 2. The van der Waals surface area contributed by atoms with Crippen LogP contribution < -0.4 is 15.1 Å². The number of hydrogen-bond acceptors (Lipinski definition) is 6. The van der Waals surface area contributed by atoms with Crippen LogP contribution in [0.15, 0.2) is 60.0 Å². The Balaban J connectivity index is 1.49. The molecule has 4 rings (SSSR count). The molecule has 2 aliphatic heterocycles. The fourth-order valence-corrected chi connectivity index (χ4v) is 4.22. The maximum atomic E-state index is 13.0. The Morgan fingerprint density at radius 1 is 1.18 bits per heavy atom. The van der Waals surface area contributed by atoms with Gasteiger partial charge in [0.2, 0.25) is 6.17 Å². The number of nitrogens with zero attached hydrogens (tertiary/aromatic N) is 3. The van der Waals surface area contributed by atoms with Crippen LogP contribution in [0.5, 0.6) is 5.75 Å². The van der Waals surface area contributed by atoms with Crippen molar-refractivity contribution in [2.24, 2.45) is 5.10 Å². The van der Waals surface area contributed by atoms with Gasteiger partial charge in [-0.3, -0.25) is 20.0 Å². The molecule has 2 aliphatic rings. The molecule has 1 atom stereocenters. The van der Waals surface area contributed by atoms with E-state index in [2.05, 4.69) is 42.6 Å². The zero-order valence-electron chi connectivity index (χ0n) is 16.0. The third-order valence-electron chi connectivity index (χ3n) is 4.82. The van der Waals surface area contributed by atoms with Crippen molar-refractivity contribution in [2.45, 2.75) is 25.8 Å². The highest BCUT2D eigenvalue weighted by atomic mass is 32.2. The van der Waals surface area contributed by atoms with E-state index in [0.29, 0.717) is 5.75 Å². The van der Waals surface area contributed by atoms with E-state index in [1.165, 1.54) is 16.7 Å². The van der Waals surface area contributed by atoms with Gasteiger partial charge in [0.25, 0.3) is 5.91 Å². The summed E-state index contributed by atoms with van der Waals surface area (Å²) >= 11 is 1.62. The molecule has 1 unspecified atom stereocenters. The SMILES string of the molecule is COc1cccc(N2C=CN3C(SCc4cc(C)ccc4C)=NNC3C2=O)c1. The maximum absolute atomic E-state index is 13.0. The Kier molecular flexibility index (Phi) is 5.00. The second kappa shape index (κ2) is 7.59. The number of aryl methyl sites for hydroxylation is 2. The summed E-state index contributed by atoms with van der Waals surface area (Å²) in [5, 5.41) is 5.18. The molecule has 0 bridgehead atoms. The Morgan fingerprint density at radius 3 is 2.86 bits per heavy atom. The fourth-order valence-electron chi connectivity index (χ4n) is 3.19. The maximum Gasteiger partial charge on any atom is 0.276 e. The van der Waals surface area contributed by atoms with Crippen LogP contribution >= 0.6 is 11.8 Å². The number of anilines is 1. The zero-order valence-corrected chi connectivity index (χ0v) is 16.9. The van der Waals surface area contributed by atoms with Crippen LogP contribution in [-0.4, -0.2) is 29.3 Å². The van der Waals surface area contributed by atoms with Crippen molar-refractivity contribution in [1.29, 1.82) is 0 Å². The molecule has 2 aromatic rings. The number of hydrazone groups is 1. The first kappa shape index (κ1) is 18.4. The van der Waals surface area contributed by atoms with Crippen LogP contribution in [0, 0.1) is 13.8 Å². The van der Waals surface area contributed by atoms with Gasteiger partial charge in [-0.15, -0.1) is 0 Å². The highest BCUT2D eigenvalue weighted by Crippen LogP contribution is 2.29. The van der Waals surface area contributed by atoms with Crippen molar-refractivity contribution >= 4 is 28.5 Å². The highest BCUT2D eigenvalue weighted by molar-refractivity contribution is 8.13. The molecule has 0 fully saturated rings. The lowest BCUT2D eigenvalue weighted by Crippen LogP contribution is -2.52. The molecule has 2 heterocycles. The van der Waals surface area contributed by atoms with Gasteiger partial charge in [0.15, 0.2) is 5.17 Å². The summed E-state index contributed by atoms with van der Waals surface area (Å²) in [7, 11) is 1.61. The van der Waals surface area contributed by atoms with Crippen LogP contribution in [0.1, 0.15) is 16.7 Å².